The van der Waals surface area contributed by atoms with Crippen LogP contribution < -0.4 is 10.3 Å². The molecular weight excluding hydrogens is 270 g/mol. The first kappa shape index (κ1) is 13.3. The molecule has 0 aromatic heterocycles. The van der Waals surface area contributed by atoms with Gasteiger partial charge in [-0.15, -0.1) is 4.83 Å². The fourth-order valence-corrected chi connectivity index (χ4v) is 2.93. The van der Waals surface area contributed by atoms with Crippen molar-refractivity contribution in [3.05, 3.63) is 30.3 Å². The third-order valence-electron chi connectivity index (χ3n) is 2.74. The highest BCUT2D eigenvalue weighted by atomic mass is 32.2. The van der Waals surface area contributed by atoms with Crippen LogP contribution >= 0.6 is 12.2 Å². The summed E-state index contributed by atoms with van der Waals surface area (Å²) in [5.41, 5.74) is 2.58. The van der Waals surface area contributed by atoms with Gasteiger partial charge in [0.05, 0.1) is 4.90 Å². The quantitative estimate of drug-likeness (QED) is 0.637. The lowest BCUT2D eigenvalue weighted by Gasteiger charge is -2.19. The Morgan fingerprint density at radius 1 is 1.17 bits per heavy atom. The third-order valence-corrected chi connectivity index (χ3v) is 4.36. The normalized spacial score (nSPS) is 15.7. The number of benzene rings is 1. The number of sulfonamides is 1. The van der Waals surface area contributed by atoms with Gasteiger partial charge in [0.15, 0.2) is 5.11 Å². The summed E-state index contributed by atoms with van der Waals surface area (Å²) in [6, 6.07) is 8.17. The van der Waals surface area contributed by atoms with Crippen LogP contribution in [0.2, 0.25) is 0 Å². The van der Waals surface area contributed by atoms with E-state index in [0.29, 0.717) is 5.11 Å². The first-order valence-corrected chi connectivity index (χ1v) is 7.60. The van der Waals surface area contributed by atoms with E-state index in [1.54, 1.807) is 18.2 Å². The van der Waals surface area contributed by atoms with Gasteiger partial charge in [-0.05, 0) is 37.2 Å². The minimum absolute atomic E-state index is 0.210. The molecule has 2 N–H and O–H groups in total. The minimum atomic E-state index is -3.56. The molecule has 1 aliphatic heterocycles. The monoisotopic (exact) mass is 285 g/mol. The Labute approximate surface area is 112 Å². The van der Waals surface area contributed by atoms with Crippen molar-refractivity contribution in [2.75, 3.05) is 13.1 Å². The van der Waals surface area contributed by atoms with Gasteiger partial charge in [-0.3, -0.25) is 5.43 Å². The highest BCUT2D eigenvalue weighted by Gasteiger charge is 2.17. The van der Waals surface area contributed by atoms with Gasteiger partial charge >= 0.3 is 0 Å². The number of thiocarbonyl (C=S) groups is 1. The molecule has 1 aromatic rings. The maximum absolute atomic E-state index is 11.9. The van der Waals surface area contributed by atoms with E-state index in [-0.39, 0.29) is 4.90 Å². The molecule has 0 atom stereocenters. The Morgan fingerprint density at radius 3 is 2.39 bits per heavy atom. The van der Waals surface area contributed by atoms with E-state index in [1.165, 1.54) is 12.1 Å². The van der Waals surface area contributed by atoms with Gasteiger partial charge in [0.2, 0.25) is 0 Å². The number of hydrazine groups is 1. The second kappa shape index (κ2) is 5.64. The fraction of sp³-hybridized carbons (Fsp3) is 0.364. The van der Waals surface area contributed by atoms with Crippen LogP contribution in [0.1, 0.15) is 12.8 Å². The van der Waals surface area contributed by atoms with Crippen LogP contribution in [-0.2, 0) is 10.0 Å². The second-order valence-corrected chi connectivity index (χ2v) is 6.11. The molecule has 0 saturated carbocycles. The summed E-state index contributed by atoms with van der Waals surface area (Å²) in [7, 11) is -3.56. The number of rotatable bonds is 3. The van der Waals surface area contributed by atoms with Crippen molar-refractivity contribution < 1.29 is 8.42 Å². The SMILES string of the molecule is O=S(=O)(NNC(=S)N1CCCC1)c1ccccc1. The van der Waals surface area contributed by atoms with Crippen LogP contribution in [0.4, 0.5) is 0 Å². The molecule has 1 heterocycles. The summed E-state index contributed by atoms with van der Waals surface area (Å²) < 4.78 is 23.8. The molecule has 1 aliphatic rings. The molecule has 0 bridgehead atoms. The van der Waals surface area contributed by atoms with Crippen molar-refractivity contribution in [1.82, 2.24) is 15.2 Å². The molecule has 0 radical (unpaired) electrons. The van der Waals surface area contributed by atoms with E-state index in [9.17, 15) is 8.42 Å². The number of likely N-dealkylation sites (tertiary alicyclic amines) is 1. The van der Waals surface area contributed by atoms with Gasteiger partial charge in [-0.1, -0.05) is 18.2 Å². The summed E-state index contributed by atoms with van der Waals surface area (Å²) in [5.74, 6) is 0. The largest absolute Gasteiger partial charge is 0.348 e. The van der Waals surface area contributed by atoms with Crippen molar-refractivity contribution >= 4 is 27.4 Å². The summed E-state index contributed by atoms with van der Waals surface area (Å²) in [6.07, 6.45) is 2.18. The molecular formula is C11H15N3O2S2. The number of hydrogen-bond donors (Lipinski definition) is 2. The van der Waals surface area contributed by atoms with E-state index in [0.717, 1.165) is 25.9 Å². The van der Waals surface area contributed by atoms with Crippen LogP contribution in [0.25, 0.3) is 0 Å². The van der Waals surface area contributed by atoms with Gasteiger partial charge in [0.25, 0.3) is 10.0 Å². The van der Waals surface area contributed by atoms with Gasteiger partial charge < -0.3 is 4.90 Å². The van der Waals surface area contributed by atoms with Gasteiger partial charge in [-0.2, -0.15) is 0 Å². The van der Waals surface area contributed by atoms with Crippen molar-refractivity contribution in [2.24, 2.45) is 0 Å². The molecule has 2 rings (SSSR count). The predicted molar refractivity (Wildman–Crippen MR) is 73.3 cm³/mol. The third kappa shape index (κ3) is 3.18. The Morgan fingerprint density at radius 2 is 1.78 bits per heavy atom. The van der Waals surface area contributed by atoms with E-state index in [1.807, 2.05) is 4.90 Å². The maximum atomic E-state index is 11.9. The minimum Gasteiger partial charge on any atom is -0.348 e. The Hall–Kier alpha value is -1.18. The molecule has 0 spiro atoms. The predicted octanol–water partition coefficient (Wildman–Crippen LogP) is 0.850. The average molecular weight is 285 g/mol. The molecule has 5 nitrogen and oxygen atoms in total. The lowest BCUT2D eigenvalue weighted by molar-refractivity contribution is 0.499. The number of nitrogens with one attached hydrogen (secondary N) is 2. The van der Waals surface area contributed by atoms with Crippen LogP contribution in [0.3, 0.4) is 0 Å². The molecule has 1 fully saturated rings. The highest BCUT2D eigenvalue weighted by molar-refractivity contribution is 7.89. The first-order valence-electron chi connectivity index (χ1n) is 5.71. The Kier molecular flexibility index (Phi) is 4.15. The Bertz CT molecular complexity index is 510. The van der Waals surface area contributed by atoms with Gasteiger partial charge in [0.1, 0.15) is 0 Å². The highest BCUT2D eigenvalue weighted by Crippen LogP contribution is 2.08. The van der Waals surface area contributed by atoms with Crippen LogP contribution in [-0.4, -0.2) is 31.5 Å². The number of nitrogens with zero attached hydrogens (tertiary/aromatic N) is 1. The van der Waals surface area contributed by atoms with Gasteiger partial charge in [0, 0.05) is 13.1 Å². The average Bonchev–Trinajstić information content (AvgIpc) is 2.91. The van der Waals surface area contributed by atoms with Crippen LogP contribution in [0.5, 0.6) is 0 Å². The van der Waals surface area contributed by atoms with E-state index >= 15 is 0 Å². The fourth-order valence-electron chi connectivity index (χ4n) is 1.77. The van der Waals surface area contributed by atoms with Crippen molar-refractivity contribution in [2.45, 2.75) is 17.7 Å². The van der Waals surface area contributed by atoms with E-state index in [2.05, 4.69) is 10.3 Å². The van der Waals surface area contributed by atoms with E-state index in [4.69, 9.17) is 12.2 Å². The maximum Gasteiger partial charge on any atom is 0.257 e. The lowest BCUT2D eigenvalue weighted by atomic mass is 10.4. The molecule has 98 valence electrons. The second-order valence-electron chi connectivity index (χ2n) is 4.04. The van der Waals surface area contributed by atoms with Crippen molar-refractivity contribution in [3.63, 3.8) is 0 Å². The first-order chi connectivity index (χ1) is 8.59. The molecule has 0 aliphatic carbocycles. The van der Waals surface area contributed by atoms with Crippen molar-refractivity contribution in [1.29, 1.82) is 0 Å². The molecule has 18 heavy (non-hydrogen) atoms. The summed E-state index contributed by atoms with van der Waals surface area (Å²) in [5, 5.41) is 0.423. The van der Waals surface area contributed by atoms with Crippen LogP contribution in [0, 0.1) is 0 Å². The standard InChI is InChI=1S/C11H15N3O2S2/c15-18(16,10-6-2-1-3-7-10)13-12-11(17)14-8-4-5-9-14/h1-3,6-7,13H,4-5,8-9H2,(H,12,17). The summed E-state index contributed by atoms with van der Waals surface area (Å²) in [4.78, 5) is 4.45. The lowest BCUT2D eigenvalue weighted by Crippen LogP contribution is -2.47. The summed E-state index contributed by atoms with van der Waals surface area (Å²) in [6.45, 7) is 1.75. The van der Waals surface area contributed by atoms with Gasteiger partial charge in [-0.25, -0.2) is 8.42 Å². The zero-order valence-corrected chi connectivity index (χ0v) is 11.4. The number of hydrogen-bond acceptors (Lipinski definition) is 3. The molecule has 7 heteroatoms. The van der Waals surface area contributed by atoms with Crippen molar-refractivity contribution in [3.8, 4) is 0 Å². The van der Waals surface area contributed by atoms with Crippen LogP contribution in [0.15, 0.2) is 35.2 Å². The zero-order valence-electron chi connectivity index (χ0n) is 9.80. The molecule has 1 saturated heterocycles. The smallest absolute Gasteiger partial charge is 0.257 e. The topological polar surface area (TPSA) is 61.4 Å². The summed E-state index contributed by atoms with van der Waals surface area (Å²) >= 11 is 5.12. The zero-order chi connectivity index (χ0) is 13.0. The van der Waals surface area contributed by atoms with E-state index < -0.39 is 10.0 Å². The molecule has 0 unspecified atom stereocenters. The molecule has 1 aromatic carbocycles. The Balaban J connectivity index is 1.95. The molecule has 0 amide bonds.